The van der Waals surface area contributed by atoms with Crippen molar-refractivity contribution < 1.29 is 9.84 Å². The second kappa shape index (κ2) is 5.46. The summed E-state index contributed by atoms with van der Waals surface area (Å²) < 4.78 is 5.85. The first-order valence-corrected chi connectivity index (χ1v) is 5.85. The van der Waals surface area contributed by atoms with Gasteiger partial charge in [0.05, 0.1) is 11.7 Å². The summed E-state index contributed by atoms with van der Waals surface area (Å²) in [4.78, 5) is 0. The molecule has 0 aliphatic heterocycles. The third-order valence-electron chi connectivity index (χ3n) is 2.40. The fraction of sp³-hybridized carbons (Fsp3) is 0.571. The van der Waals surface area contributed by atoms with Crippen LogP contribution in [0.1, 0.15) is 45.8 Å². The minimum Gasteiger partial charge on any atom is -0.386 e. The average molecular weight is 222 g/mol. The van der Waals surface area contributed by atoms with Gasteiger partial charge in [0.2, 0.25) is 0 Å². The zero-order chi connectivity index (χ0) is 12.2. The van der Waals surface area contributed by atoms with Gasteiger partial charge in [0, 0.05) is 0 Å². The van der Waals surface area contributed by atoms with Gasteiger partial charge in [-0.15, -0.1) is 0 Å². The van der Waals surface area contributed by atoms with E-state index in [1.807, 2.05) is 58.0 Å². The van der Waals surface area contributed by atoms with E-state index in [0.717, 1.165) is 12.0 Å². The molecule has 0 bridgehead atoms. The Kier molecular flexibility index (Phi) is 4.51. The summed E-state index contributed by atoms with van der Waals surface area (Å²) in [6.45, 7) is 8.05. The average Bonchev–Trinajstić information content (AvgIpc) is 2.25. The summed E-state index contributed by atoms with van der Waals surface area (Å²) >= 11 is 0. The molecule has 2 atom stereocenters. The summed E-state index contributed by atoms with van der Waals surface area (Å²) in [5.41, 5.74) is 0.690. The lowest BCUT2D eigenvalue weighted by molar-refractivity contribution is -0.113. The predicted octanol–water partition coefficient (Wildman–Crippen LogP) is 3.31. The molecule has 0 saturated carbocycles. The van der Waals surface area contributed by atoms with E-state index in [1.165, 1.54) is 0 Å². The predicted molar refractivity (Wildman–Crippen MR) is 66.3 cm³/mol. The van der Waals surface area contributed by atoms with Crippen molar-refractivity contribution in [1.29, 1.82) is 0 Å². The van der Waals surface area contributed by atoms with E-state index in [2.05, 4.69) is 0 Å². The Balaban J connectivity index is 2.74. The van der Waals surface area contributed by atoms with Gasteiger partial charge in [-0.2, -0.15) is 0 Å². The molecule has 1 rings (SSSR count). The molecule has 2 unspecified atom stereocenters. The maximum atomic E-state index is 10.2. The molecule has 0 aliphatic carbocycles. The van der Waals surface area contributed by atoms with Crippen LogP contribution in [-0.2, 0) is 4.74 Å². The van der Waals surface area contributed by atoms with Crippen LogP contribution in [0.15, 0.2) is 30.3 Å². The number of rotatable bonds is 4. The molecule has 1 aromatic carbocycles. The van der Waals surface area contributed by atoms with Crippen molar-refractivity contribution in [3.05, 3.63) is 35.9 Å². The summed E-state index contributed by atoms with van der Waals surface area (Å²) in [5.74, 6) is 0. The normalized spacial score (nSPS) is 15.8. The van der Waals surface area contributed by atoms with E-state index in [9.17, 15) is 5.11 Å². The van der Waals surface area contributed by atoms with Gasteiger partial charge < -0.3 is 9.84 Å². The van der Waals surface area contributed by atoms with Gasteiger partial charge in [0.1, 0.15) is 6.10 Å². The lowest BCUT2D eigenvalue weighted by Gasteiger charge is -2.30. The SMILES string of the molecule is CCC(OC(C)(C)C)C(O)c1ccccc1. The zero-order valence-corrected chi connectivity index (χ0v) is 10.6. The third kappa shape index (κ3) is 3.95. The fourth-order valence-electron chi connectivity index (χ4n) is 1.69. The third-order valence-corrected chi connectivity index (χ3v) is 2.40. The number of hydrogen-bond donors (Lipinski definition) is 1. The Hall–Kier alpha value is -0.860. The minimum atomic E-state index is -0.551. The summed E-state index contributed by atoms with van der Waals surface area (Å²) in [5, 5.41) is 10.2. The molecule has 0 heterocycles. The molecule has 0 saturated heterocycles. The molecule has 0 radical (unpaired) electrons. The first kappa shape index (κ1) is 13.2. The Morgan fingerprint density at radius 1 is 1.19 bits per heavy atom. The highest BCUT2D eigenvalue weighted by atomic mass is 16.5. The molecule has 16 heavy (non-hydrogen) atoms. The van der Waals surface area contributed by atoms with Gasteiger partial charge in [-0.3, -0.25) is 0 Å². The lowest BCUT2D eigenvalue weighted by atomic mass is 10.0. The van der Waals surface area contributed by atoms with Gasteiger partial charge in [-0.05, 0) is 32.8 Å². The van der Waals surface area contributed by atoms with E-state index in [0.29, 0.717) is 0 Å². The molecular formula is C14H22O2. The van der Waals surface area contributed by atoms with Crippen LogP contribution in [-0.4, -0.2) is 16.8 Å². The van der Waals surface area contributed by atoms with Gasteiger partial charge in [-0.1, -0.05) is 37.3 Å². The maximum Gasteiger partial charge on any atom is 0.105 e. The molecule has 90 valence electrons. The molecular weight excluding hydrogens is 200 g/mol. The van der Waals surface area contributed by atoms with Crippen LogP contribution in [0.3, 0.4) is 0 Å². The minimum absolute atomic E-state index is 0.151. The van der Waals surface area contributed by atoms with Crippen LogP contribution < -0.4 is 0 Å². The summed E-state index contributed by atoms with van der Waals surface area (Å²) in [6.07, 6.45) is 0.0979. The highest BCUT2D eigenvalue weighted by Gasteiger charge is 2.24. The summed E-state index contributed by atoms with van der Waals surface area (Å²) in [7, 11) is 0. The smallest absolute Gasteiger partial charge is 0.105 e. The quantitative estimate of drug-likeness (QED) is 0.847. The van der Waals surface area contributed by atoms with Crippen molar-refractivity contribution >= 4 is 0 Å². The van der Waals surface area contributed by atoms with E-state index >= 15 is 0 Å². The van der Waals surface area contributed by atoms with Crippen molar-refractivity contribution in [2.75, 3.05) is 0 Å². The van der Waals surface area contributed by atoms with Crippen LogP contribution in [0.4, 0.5) is 0 Å². The fourth-order valence-corrected chi connectivity index (χ4v) is 1.69. The van der Waals surface area contributed by atoms with E-state index in [4.69, 9.17) is 4.74 Å². The Morgan fingerprint density at radius 3 is 2.19 bits per heavy atom. The molecule has 2 heteroatoms. The van der Waals surface area contributed by atoms with Gasteiger partial charge in [0.15, 0.2) is 0 Å². The molecule has 0 fully saturated rings. The maximum absolute atomic E-state index is 10.2. The molecule has 0 spiro atoms. The molecule has 1 aromatic rings. The molecule has 0 aliphatic rings. The highest BCUT2D eigenvalue weighted by Crippen LogP contribution is 2.25. The zero-order valence-electron chi connectivity index (χ0n) is 10.6. The Bertz CT molecular complexity index is 300. The van der Waals surface area contributed by atoms with Crippen molar-refractivity contribution in [2.45, 2.75) is 51.9 Å². The van der Waals surface area contributed by atoms with E-state index in [-0.39, 0.29) is 11.7 Å². The van der Waals surface area contributed by atoms with Gasteiger partial charge >= 0.3 is 0 Å². The molecule has 1 N–H and O–H groups in total. The largest absolute Gasteiger partial charge is 0.386 e. The van der Waals surface area contributed by atoms with E-state index in [1.54, 1.807) is 0 Å². The van der Waals surface area contributed by atoms with Crippen molar-refractivity contribution in [1.82, 2.24) is 0 Å². The first-order chi connectivity index (χ1) is 7.44. The Labute approximate surface area is 98.3 Å². The van der Waals surface area contributed by atoms with Gasteiger partial charge in [0.25, 0.3) is 0 Å². The van der Waals surface area contributed by atoms with Crippen molar-refractivity contribution in [3.8, 4) is 0 Å². The van der Waals surface area contributed by atoms with Crippen LogP contribution >= 0.6 is 0 Å². The number of aliphatic hydroxyl groups is 1. The molecule has 2 nitrogen and oxygen atoms in total. The van der Waals surface area contributed by atoms with Crippen LogP contribution in [0.25, 0.3) is 0 Å². The van der Waals surface area contributed by atoms with Crippen LogP contribution in [0.5, 0.6) is 0 Å². The van der Waals surface area contributed by atoms with Crippen LogP contribution in [0, 0.1) is 0 Å². The first-order valence-electron chi connectivity index (χ1n) is 5.85. The monoisotopic (exact) mass is 222 g/mol. The topological polar surface area (TPSA) is 29.5 Å². The van der Waals surface area contributed by atoms with Gasteiger partial charge in [-0.25, -0.2) is 0 Å². The number of ether oxygens (including phenoxy) is 1. The summed E-state index contributed by atoms with van der Waals surface area (Å²) in [6, 6.07) is 9.67. The second-order valence-electron chi connectivity index (χ2n) is 5.03. The number of benzene rings is 1. The van der Waals surface area contributed by atoms with E-state index < -0.39 is 6.10 Å². The molecule has 0 amide bonds. The Morgan fingerprint density at radius 2 is 1.75 bits per heavy atom. The number of aliphatic hydroxyl groups excluding tert-OH is 1. The number of hydrogen-bond acceptors (Lipinski definition) is 2. The van der Waals surface area contributed by atoms with Crippen molar-refractivity contribution in [2.24, 2.45) is 0 Å². The standard InChI is InChI=1S/C14H22O2/c1-5-12(16-14(2,3)4)13(15)11-9-7-6-8-10-11/h6-10,12-13,15H,5H2,1-4H3. The molecule has 0 aromatic heterocycles. The van der Waals surface area contributed by atoms with Crippen LogP contribution in [0.2, 0.25) is 0 Å². The lowest BCUT2D eigenvalue weighted by Crippen LogP contribution is -2.31. The highest BCUT2D eigenvalue weighted by molar-refractivity contribution is 5.18. The van der Waals surface area contributed by atoms with Crippen molar-refractivity contribution in [3.63, 3.8) is 0 Å². The second-order valence-corrected chi connectivity index (χ2v) is 5.03.